The molecule has 2 aromatic heterocycles. The Kier molecular flexibility index (Phi) is 8.15. The zero-order chi connectivity index (χ0) is 26.0. The van der Waals surface area contributed by atoms with Crippen LogP contribution in [0, 0.1) is 11.7 Å². The summed E-state index contributed by atoms with van der Waals surface area (Å²) >= 11 is 12.1. The number of phenolic OH excluding ortho intramolecular Hbond substituents is 1. The van der Waals surface area contributed by atoms with Gasteiger partial charge in [0.15, 0.2) is 11.6 Å². The molecule has 0 unspecified atom stereocenters. The monoisotopic (exact) mass is 551 g/mol. The van der Waals surface area contributed by atoms with Crippen molar-refractivity contribution in [1.29, 1.82) is 0 Å². The Labute approximate surface area is 225 Å². The van der Waals surface area contributed by atoms with Gasteiger partial charge in [0, 0.05) is 18.7 Å². The van der Waals surface area contributed by atoms with Crippen molar-refractivity contribution >= 4 is 43.7 Å². The Morgan fingerprint density at radius 3 is 2.53 bits per heavy atom. The summed E-state index contributed by atoms with van der Waals surface area (Å²) in [5, 5.41) is 19.0. The molecule has 192 valence electrons. The number of anilines is 1. The van der Waals surface area contributed by atoms with Crippen LogP contribution in [0.2, 0.25) is 0 Å². The molecule has 0 saturated heterocycles. The van der Waals surface area contributed by atoms with E-state index in [1.165, 1.54) is 18.3 Å². The first kappa shape index (κ1) is 26.7. The van der Waals surface area contributed by atoms with E-state index in [4.69, 9.17) is 4.74 Å². The van der Waals surface area contributed by atoms with Crippen LogP contribution in [0.25, 0.3) is 22.5 Å². The molecule has 0 radical (unpaired) electrons. The van der Waals surface area contributed by atoms with E-state index >= 15 is 0 Å². The van der Waals surface area contributed by atoms with E-state index in [2.05, 4.69) is 58.1 Å². The molecular formula is C24H27F2N5O2S3. The maximum atomic E-state index is 15.0. The van der Waals surface area contributed by atoms with E-state index in [-0.39, 0.29) is 35.0 Å². The third-order valence-corrected chi connectivity index (χ3v) is 6.72. The molecule has 7 nitrogen and oxygen atoms in total. The first-order chi connectivity index (χ1) is 17.1. The molecule has 1 N–H and O–H groups in total. The van der Waals surface area contributed by atoms with Crippen LogP contribution in [0.3, 0.4) is 0 Å². The maximum Gasteiger partial charge on any atom is 0.242 e. The fraction of sp³-hybridized carbons (Fsp3) is 0.417. The second-order valence-electron chi connectivity index (χ2n) is 8.77. The summed E-state index contributed by atoms with van der Waals surface area (Å²) in [6.45, 7) is 2.01. The largest absolute Gasteiger partial charge is 0.507 e. The van der Waals surface area contributed by atoms with E-state index < -0.39 is 15.6 Å². The number of hydrogen-bond acceptors (Lipinski definition) is 10. The van der Waals surface area contributed by atoms with Gasteiger partial charge in [0.05, 0.1) is 24.0 Å². The summed E-state index contributed by atoms with van der Waals surface area (Å²) in [5.74, 6) is -0.0245. The number of ether oxygens (including phenoxy) is 1. The number of halogens is 2. The van der Waals surface area contributed by atoms with Gasteiger partial charge in [-0.15, -0.1) is 48.1 Å². The van der Waals surface area contributed by atoms with Crippen molar-refractivity contribution in [3.63, 3.8) is 0 Å². The number of pyridine rings is 1. The van der Waals surface area contributed by atoms with E-state index in [0.29, 0.717) is 16.9 Å². The Hall–Kier alpha value is -2.31. The average molecular weight is 552 g/mol. The number of rotatable bonds is 7. The highest BCUT2D eigenvalue weighted by molar-refractivity contribution is 8.16. The van der Waals surface area contributed by atoms with Gasteiger partial charge in [-0.3, -0.25) is 0 Å². The fourth-order valence-corrected chi connectivity index (χ4v) is 4.79. The number of hydrogen-bond donors (Lipinski definition) is 4. The Morgan fingerprint density at radius 2 is 1.89 bits per heavy atom. The summed E-state index contributed by atoms with van der Waals surface area (Å²) < 4.78 is 33.4. The zero-order valence-electron chi connectivity index (χ0n) is 19.7. The molecule has 0 aliphatic heterocycles. The van der Waals surface area contributed by atoms with Gasteiger partial charge in [-0.2, -0.15) is 0 Å². The minimum atomic E-state index is -1.40. The molecule has 0 spiro atoms. The van der Waals surface area contributed by atoms with E-state index in [0.717, 1.165) is 31.9 Å². The van der Waals surface area contributed by atoms with E-state index in [9.17, 15) is 13.9 Å². The Morgan fingerprint density at radius 1 is 1.11 bits per heavy atom. The lowest BCUT2D eigenvalue weighted by Crippen LogP contribution is -2.45. The molecule has 2 heterocycles. The molecule has 1 fully saturated rings. The molecule has 0 amide bonds. The highest BCUT2D eigenvalue weighted by atomic mass is 32.2. The summed E-state index contributed by atoms with van der Waals surface area (Å²) in [4.78, 5) is 9.97. The van der Waals surface area contributed by atoms with Crippen LogP contribution in [0.5, 0.6) is 11.6 Å². The summed E-state index contributed by atoms with van der Waals surface area (Å²) in [6.07, 6.45) is 5.00. The minimum absolute atomic E-state index is 0.0472. The summed E-state index contributed by atoms with van der Waals surface area (Å²) in [7, 11) is 1.80. The lowest BCUT2D eigenvalue weighted by Gasteiger charge is -2.38. The highest BCUT2D eigenvalue weighted by Gasteiger charge is 2.35. The number of phenols is 1. The van der Waals surface area contributed by atoms with Gasteiger partial charge >= 0.3 is 0 Å². The van der Waals surface area contributed by atoms with Gasteiger partial charge in [-0.25, -0.2) is 18.7 Å². The van der Waals surface area contributed by atoms with Gasteiger partial charge in [-0.05, 0) is 36.5 Å². The number of nitrogens with zero attached hydrogens (tertiary/aromatic N) is 5. The molecule has 0 bridgehead atoms. The third-order valence-electron chi connectivity index (χ3n) is 6.45. The summed E-state index contributed by atoms with van der Waals surface area (Å²) in [5.41, 5.74) is 0.847. The predicted octanol–water partition coefficient (Wildman–Crippen LogP) is 5.58. The lowest BCUT2D eigenvalue weighted by atomic mass is 9.82. The molecule has 3 atom stereocenters. The molecule has 1 aromatic carbocycles. The zero-order valence-corrected chi connectivity index (χ0v) is 22.4. The van der Waals surface area contributed by atoms with Crippen LogP contribution in [0.4, 0.5) is 14.6 Å². The molecule has 4 rings (SSSR count). The third kappa shape index (κ3) is 5.97. The van der Waals surface area contributed by atoms with Gasteiger partial charge in [0.1, 0.15) is 17.7 Å². The van der Waals surface area contributed by atoms with Gasteiger partial charge in [0.25, 0.3) is 0 Å². The predicted molar refractivity (Wildman–Crippen MR) is 145 cm³/mol. The number of thiol groups is 3. The van der Waals surface area contributed by atoms with Gasteiger partial charge in [0.2, 0.25) is 9.48 Å². The van der Waals surface area contributed by atoms with Crippen LogP contribution >= 0.6 is 37.9 Å². The molecule has 3 aromatic rings. The second kappa shape index (κ2) is 11.0. The van der Waals surface area contributed by atoms with Crippen molar-refractivity contribution in [2.24, 2.45) is 5.92 Å². The fourth-order valence-electron chi connectivity index (χ4n) is 4.51. The molecule has 1 aliphatic rings. The molecule has 36 heavy (non-hydrogen) atoms. The molecule has 1 saturated carbocycles. The van der Waals surface area contributed by atoms with Crippen LogP contribution in [-0.2, 0) is 0 Å². The normalized spacial score (nSPS) is 20.2. The lowest BCUT2D eigenvalue weighted by molar-refractivity contribution is 0.134. The van der Waals surface area contributed by atoms with Crippen molar-refractivity contribution < 1.29 is 18.6 Å². The maximum absolute atomic E-state index is 15.0. The molecular weight excluding hydrogens is 524 g/mol. The quantitative estimate of drug-likeness (QED) is 0.225. The van der Waals surface area contributed by atoms with Crippen LogP contribution in [-0.4, -0.2) is 48.1 Å². The SMILES string of the molecule is CC[C@@H]1CCC[C@H](N(C)c2cnc(-c3ccc(-c4cc(OC(S)(S)S)ncc4F)cc3O)nn2)[C@@H]1F. The number of alkyl halides is 1. The average Bonchev–Trinajstić information content (AvgIpc) is 2.84. The Bertz CT molecular complexity index is 1210. The van der Waals surface area contributed by atoms with Crippen molar-refractivity contribution in [3.05, 3.63) is 42.5 Å². The van der Waals surface area contributed by atoms with E-state index in [1.807, 2.05) is 6.92 Å². The molecule has 1 aliphatic carbocycles. The smallest absolute Gasteiger partial charge is 0.242 e. The van der Waals surface area contributed by atoms with Gasteiger partial charge in [-0.1, -0.05) is 25.8 Å². The van der Waals surface area contributed by atoms with Gasteiger partial charge < -0.3 is 14.7 Å². The Balaban J connectivity index is 1.55. The minimum Gasteiger partial charge on any atom is -0.507 e. The molecule has 12 heteroatoms. The number of aromatic nitrogens is 4. The number of benzene rings is 1. The topological polar surface area (TPSA) is 84.3 Å². The highest BCUT2D eigenvalue weighted by Crippen LogP contribution is 2.36. The first-order valence-corrected chi connectivity index (χ1v) is 12.8. The second-order valence-corrected chi connectivity index (χ2v) is 11.7. The van der Waals surface area contributed by atoms with E-state index in [1.54, 1.807) is 24.1 Å². The standard InChI is InChI=1S/C24H27F2N5O2S3/c1-3-13-5-4-6-18(22(13)26)31(2)20-12-28-23(30-29-20)15-8-7-14(9-19(15)32)16-10-21(27-11-17(16)25)33-24(34,35)36/h7-13,18,22,32,34-36H,3-6H2,1-2H3/t13-,18+,22-/m1/s1. The first-order valence-electron chi connectivity index (χ1n) is 11.5. The van der Waals surface area contributed by atoms with Crippen molar-refractivity contribution in [2.45, 2.75) is 48.4 Å². The number of aromatic hydroxyl groups is 1. The van der Waals surface area contributed by atoms with Crippen LogP contribution in [0.1, 0.15) is 32.6 Å². The van der Waals surface area contributed by atoms with Crippen LogP contribution < -0.4 is 9.64 Å². The summed E-state index contributed by atoms with van der Waals surface area (Å²) in [6, 6.07) is 5.64. The van der Waals surface area contributed by atoms with Crippen molar-refractivity contribution in [2.75, 3.05) is 11.9 Å². The van der Waals surface area contributed by atoms with Crippen molar-refractivity contribution in [1.82, 2.24) is 20.2 Å². The van der Waals surface area contributed by atoms with Crippen LogP contribution in [0.15, 0.2) is 36.7 Å². The van der Waals surface area contributed by atoms with Crippen molar-refractivity contribution in [3.8, 4) is 34.1 Å².